The van der Waals surface area contributed by atoms with Gasteiger partial charge in [0.2, 0.25) is 5.91 Å². The van der Waals surface area contributed by atoms with Crippen molar-refractivity contribution in [1.29, 1.82) is 0 Å². The molecule has 2 fully saturated rings. The van der Waals surface area contributed by atoms with Crippen molar-refractivity contribution in [2.45, 2.75) is 33.2 Å². The van der Waals surface area contributed by atoms with Crippen LogP contribution in [0.15, 0.2) is 29.3 Å². The van der Waals surface area contributed by atoms with Gasteiger partial charge in [-0.1, -0.05) is 19.1 Å². The molecule has 8 heteroatoms. The summed E-state index contributed by atoms with van der Waals surface area (Å²) < 4.78 is 5.42. The van der Waals surface area contributed by atoms with Crippen LogP contribution in [0.25, 0.3) is 0 Å². The Hall–Kier alpha value is -1.39. The monoisotopic (exact) mass is 529 g/mol. The second-order valence-electron chi connectivity index (χ2n) is 7.91. The maximum atomic E-state index is 11.9. The summed E-state index contributed by atoms with van der Waals surface area (Å²) in [5, 5.41) is 6.80. The number of aliphatic imine (C=N–C) groups is 1. The highest BCUT2D eigenvalue weighted by Gasteiger charge is 2.21. The van der Waals surface area contributed by atoms with E-state index in [9.17, 15) is 4.79 Å². The Morgan fingerprint density at radius 1 is 1.17 bits per heavy atom. The molecule has 0 saturated carbocycles. The van der Waals surface area contributed by atoms with E-state index >= 15 is 0 Å². The quantitative estimate of drug-likeness (QED) is 0.308. The molecule has 0 aliphatic carbocycles. The molecule has 2 aliphatic rings. The van der Waals surface area contributed by atoms with E-state index in [2.05, 4.69) is 41.5 Å². The van der Waals surface area contributed by atoms with Crippen LogP contribution in [0.3, 0.4) is 0 Å². The fourth-order valence-electron chi connectivity index (χ4n) is 3.77. The molecule has 1 aromatic rings. The molecule has 0 aromatic heterocycles. The van der Waals surface area contributed by atoms with Crippen LogP contribution >= 0.6 is 24.0 Å². The van der Waals surface area contributed by atoms with E-state index in [1.807, 2.05) is 17.0 Å². The number of hydrogen-bond acceptors (Lipinski definition) is 4. The number of nitrogens with one attached hydrogen (secondary N) is 2. The molecule has 2 heterocycles. The van der Waals surface area contributed by atoms with E-state index in [0.717, 1.165) is 76.1 Å². The Bertz CT molecular complexity index is 677. The van der Waals surface area contributed by atoms with Gasteiger partial charge in [0.05, 0.1) is 19.8 Å². The molecule has 1 aromatic carbocycles. The number of ether oxygens (including phenoxy) is 1. The van der Waals surface area contributed by atoms with Crippen molar-refractivity contribution in [3.8, 4) is 0 Å². The lowest BCUT2D eigenvalue weighted by Gasteiger charge is -2.29. The van der Waals surface area contributed by atoms with E-state index in [-0.39, 0.29) is 29.9 Å². The Morgan fingerprint density at radius 2 is 1.90 bits per heavy atom. The topological polar surface area (TPSA) is 69.2 Å². The predicted octanol–water partition coefficient (Wildman–Crippen LogP) is 2.45. The fourth-order valence-corrected chi connectivity index (χ4v) is 3.77. The average Bonchev–Trinajstić information content (AvgIpc) is 3.17. The van der Waals surface area contributed by atoms with Gasteiger partial charge in [0.25, 0.3) is 0 Å². The lowest BCUT2D eigenvalue weighted by atomic mass is 10.1. The van der Waals surface area contributed by atoms with Crippen molar-refractivity contribution in [3.05, 3.63) is 29.8 Å². The molecule has 7 nitrogen and oxygen atoms in total. The number of nitrogens with zero attached hydrogens (tertiary/aromatic N) is 3. The Kier molecular flexibility index (Phi) is 10.9. The largest absolute Gasteiger partial charge is 0.379 e. The van der Waals surface area contributed by atoms with Crippen LogP contribution < -0.4 is 15.5 Å². The smallest absolute Gasteiger partial charge is 0.227 e. The number of carbonyl (C=O) groups excluding carboxylic acids is 1. The summed E-state index contributed by atoms with van der Waals surface area (Å²) in [6.45, 7) is 12.3. The predicted molar refractivity (Wildman–Crippen MR) is 133 cm³/mol. The third-order valence-electron chi connectivity index (χ3n) is 5.38. The van der Waals surface area contributed by atoms with Crippen molar-refractivity contribution in [2.75, 3.05) is 57.4 Å². The van der Waals surface area contributed by atoms with Gasteiger partial charge < -0.3 is 20.3 Å². The van der Waals surface area contributed by atoms with Gasteiger partial charge in [-0.25, -0.2) is 4.99 Å². The average molecular weight is 529 g/mol. The zero-order valence-electron chi connectivity index (χ0n) is 18.2. The van der Waals surface area contributed by atoms with E-state index in [1.165, 1.54) is 0 Å². The summed E-state index contributed by atoms with van der Waals surface area (Å²) in [5.74, 6) is 1.61. The molecule has 1 amide bonds. The number of halogens is 1. The molecular formula is C22H36IN5O2. The van der Waals surface area contributed by atoms with Crippen molar-refractivity contribution in [1.82, 2.24) is 15.5 Å². The summed E-state index contributed by atoms with van der Waals surface area (Å²) in [5.41, 5.74) is 2.13. The SMILES string of the molecule is CCNC(=NCc1ccc(N2CCCC2=O)cc1)NCC(C)CN1CCOCC1.I. The van der Waals surface area contributed by atoms with Crippen LogP contribution in [0, 0.1) is 5.92 Å². The molecule has 2 N–H and O–H groups in total. The van der Waals surface area contributed by atoms with Gasteiger partial charge in [0.15, 0.2) is 5.96 Å². The van der Waals surface area contributed by atoms with Crippen molar-refractivity contribution in [2.24, 2.45) is 10.9 Å². The third kappa shape index (κ3) is 7.70. The van der Waals surface area contributed by atoms with Gasteiger partial charge in [-0.2, -0.15) is 0 Å². The van der Waals surface area contributed by atoms with Gasteiger partial charge in [0.1, 0.15) is 0 Å². The standard InChI is InChI=1S/C22H35N5O2.HI/c1-3-23-22(24-15-18(2)17-26-11-13-29-14-12-26)25-16-19-6-8-20(9-7-19)27-10-4-5-21(27)28;/h6-9,18H,3-5,10-17H2,1-2H3,(H2,23,24,25);1H. The molecule has 30 heavy (non-hydrogen) atoms. The van der Waals surface area contributed by atoms with E-state index in [4.69, 9.17) is 9.73 Å². The lowest BCUT2D eigenvalue weighted by Crippen LogP contribution is -2.44. The number of guanidine groups is 1. The number of rotatable bonds is 8. The highest BCUT2D eigenvalue weighted by molar-refractivity contribution is 14.0. The van der Waals surface area contributed by atoms with Gasteiger partial charge in [-0.15, -0.1) is 24.0 Å². The molecule has 0 radical (unpaired) electrons. The normalized spacial score (nSPS) is 18.8. The van der Waals surface area contributed by atoms with E-state index in [1.54, 1.807) is 0 Å². The highest BCUT2D eigenvalue weighted by atomic mass is 127. The first-order valence-electron chi connectivity index (χ1n) is 10.9. The molecule has 0 spiro atoms. The molecule has 1 unspecified atom stereocenters. The number of hydrogen-bond donors (Lipinski definition) is 2. The van der Waals surface area contributed by atoms with Crippen LogP contribution in [0.2, 0.25) is 0 Å². The van der Waals surface area contributed by atoms with Crippen LogP contribution in [0.4, 0.5) is 5.69 Å². The lowest BCUT2D eigenvalue weighted by molar-refractivity contribution is -0.117. The van der Waals surface area contributed by atoms with Crippen molar-refractivity contribution >= 4 is 41.5 Å². The van der Waals surface area contributed by atoms with Gasteiger partial charge >= 0.3 is 0 Å². The molecule has 2 saturated heterocycles. The minimum atomic E-state index is 0. The Labute approximate surface area is 197 Å². The van der Waals surface area contributed by atoms with E-state index in [0.29, 0.717) is 18.9 Å². The summed E-state index contributed by atoms with van der Waals surface area (Å²) in [7, 11) is 0. The molecule has 168 valence electrons. The minimum Gasteiger partial charge on any atom is -0.379 e. The zero-order chi connectivity index (χ0) is 20.5. The number of benzene rings is 1. The van der Waals surface area contributed by atoms with Crippen LogP contribution in [-0.2, 0) is 16.1 Å². The number of carbonyl (C=O) groups is 1. The zero-order valence-corrected chi connectivity index (χ0v) is 20.6. The molecule has 1 atom stereocenters. The number of morpholine rings is 1. The Morgan fingerprint density at radius 3 is 2.53 bits per heavy atom. The summed E-state index contributed by atoms with van der Waals surface area (Å²) in [4.78, 5) is 20.9. The third-order valence-corrected chi connectivity index (χ3v) is 5.38. The first kappa shape index (κ1) is 24.9. The Balaban J connectivity index is 0.00000320. The van der Waals surface area contributed by atoms with Crippen molar-refractivity contribution in [3.63, 3.8) is 0 Å². The van der Waals surface area contributed by atoms with Gasteiger partial charge in [0, 0.05) is 51.4 Å². The summed E-state index contributed by atoms with van der Waals surface area (Å²) in [6.07, 6.45) is 1.61. The van der Waals surface area contributed by atoms with E-state index < -0.39 is 0 Å². The van der Waals surface area contributed by atoms with Crippen molar-refractivity contribution < 1.29 is 9.53 Å². The molecule has 2 aliphatic heterocycles. The summed E-state index contributed by atoms with van der Waals surface area (Å²) >= 11 is 0. The maximum Gasteiger partial charge on any atom is 0.227 e. The second-order valence-corrected chi connectivity index (χ2v) is 7.91. The first-order chi connectivity index (χ1) is 14.2. The molecular weight excluding hydrogens is 493 g/mol. The maximum absolute atomic E-state index is 11.9. The minimum absolute atomic E-state index is 0. The molecule has 0 bridgehead atoms. The second kappa shape index (κ2) is 13.1. The molecule has 3 rings (SSSR count). The van der Waals surface area contributed by atoms with Crippen LogP contribution in [0.1, 0.15) is 32.3 Å². The van der Waals surface area contributed by atoms with Crippen LogP contribution in [-0.4, -0.2) is 69.2 Å². The first-order valence-corrected chi connectivity index (χ1v) is 10.9. The summed E-state index contributed by atoms with van der Waals surface area (Å²) in [6, 6.07) is 8.18. The van der Waals surface area contributed by atoms with Gasteiger partial charge in [-0.05, 0) is 37.0 Å². The fraction of sp³-hybridized carbons (Fsp3) is 0.636. The van der Waals surface area contributed by atoms with Crippen LogP contribution in [0.5, 0.6) is 0 Å². The highest BCUT2D eigenvalue weighted by Crippen LogP contribution is 2.21. The van der Waals surface area contributed by atoms with Gasteiger partial charge in [-0.3, -0.25) is 9.69 Å². The number of amides is 1. The number of anilines is 1.